The van der Waals surface area contributed by atoms with Crippen molar-refractivity contribution in [3.05, 3.63) is 47.8 Å². The summed E-state index contributed by atoms with van der Waals surface area (Å²) in [6.45, 7) is 7.69. The fourth-order valence-corrected chi connectivity index (χ4v) is 3.08. The van der Waals surface area contributed by atoms with Gasteiger partial charge in [-0.05, 0) is 12.1 Å². The fraction of sp³-hybridized carbons (Fsp3) is 0.412. The summed E-state index contributed by atoms with van der Waals surface area (Å²) in [5, 5.41) is 5.34. The lowest BCUT2D eigenvalue weighted by Gasteiger charge is -2.33. The second kappa shape index (κ2) is 6.14. The first-order valence-corrected chi connectivity index (χ1v) is 7.97. The molecule has 1 aromatic carbocycles. The van der Waals surface area contributed by atoms with E-state index in [1.54, 1.807) is 6.26 Å². The van der Waals surface area contributed by atoms with Gasteiger partial charge in [-0.3, -0.25) is 9.80 Å². The zero-order valence-electron chi connectivity index (χ0n) is 13.2. The largest absolute Gasteiger partial charge is 0.449 e. The van der Waals surface area contributed by atoms with Gasteiger partial charge < -0.3 is 8.94 Å². The second-order valence-electron chi connectivity index (χ2n) is 6.04. The van der Waals surface area contributed by atoms with Crippen LogP contribution in [0.2, 0.25) is 0 Å². The minimum absolute atomic E-state index is 0.733. The molecule has 0 atom stereocenters. The summed E-state index contributed by atoms with van der Waals surface area (Å²) in [5.74, 6) is 0.733. The van der Waals surface area contributed by atoms with Crippen molar-refractivity contribution < 1.29 is 8.94 Å². The first-order chi connectivity index (χ1) is 11.3. The van der Waals surface area contributed by atoms with E-state index in [0.717, 1.165) is 67.5 Å². The Bertz CT molecular complexity index is 787. The number of piperazine rings is 1. The molecule has 0 N–H and O–H groups in total. The molecule has 23 heavy (non-hydrogen) atoms. The molecule has 0 radical (unpaired) electrons. The molecule has 3 heterocycles. The van der Waals surface area contributed by atoms with Gasteiger partial charge in [0.25, 0.3) is 0 Å². The summed E-state index contributed by atoms with van der Waals surface area (Å²) in [7, 11) is 0. The third-order valence-electron chi connectivity index (χ3n) is 4.34. The van der Waals surface area contributed by atoms with Crippen LogP contribution in [0.15, 0.2) is 39.5 Å². The third-order valence-corrected chi connectivity index (χ3v) is 4.34. The highest BCUT2D eigenvalue weighted by Crippen LogP contribution is 2.20. The Labute approximate surface area is 134 Å². The van der Waals surface area contributed by atoms with Gasteiger partial charge in [-0.15, -0.1) is 0 Å². The molecule has 3 aromatic rings. The molecule has 6 heteroatoms. The lowest BCUT2D eigenvalue weighted by Crippen LogP contribution is -2.45. The van der Waals surface area contributed by atoms with E-state index in [-0.39, 0.29) is 0 Å². The van der Waals surface area contributed by atoms with E-state index in [1.165, 1.54) is 0 Å². The van der Waals surface area contributed by atoms with Crippen LogP contribution in [0, 0.1) is 6.92 Å². The van der Waals surface area contributed by atoms with Crippen molar-refractivity contribution in [3.63, 3.8) is 0 Å². The molecule has 1 aliphatic heterocycles. The predicted octanol–water partition coefficient (Wildman–Crippen LogP) is 2.44. The third kappa shape index (κ3) is 3.13. The minimum atomic E-state index is 0.733. The number of para-hydroxylation sites is 1. The number of aromatic nitrogens is 2. The van der Waals surface area contributed by atoms with Crippen LogP contribution in [0.5, 0.6) is 0 Å². The molecule has 0 saturated carbocycles. The van der Waals surface area contributed by atoms with Crippen LogP contribution in [0.3, 0.4) is 0 Å². The summed E-state index contributed by atoms with van der Waals surface area (Å²) >= 11 is 0. The Hall–Kier alpha value is -2.18. The summed E-state index contributed by atoms with van der Waals surface area (Å²) in [4.78, 5) is 9.21. The highest BCUT2D eigenvalue weighted by Gasteiger charge is 2.20. The lowest BCUT2D eigenvalue weighted by atomic mass is 10.2. The number of hydrogen-bond acceptors (Lipinski definition) is 6. The monoisotopic (exact) mass is 312 g/mol. The average Bonchev–Trinajstić information content (AvgIpc) is 3.16. The van der Waals surface area contributed by atoms with Crippen molar-refractivity contribution in [2.45, 2.75) is 20.0 Å². The SMILES string of the molecule is Cc1nc(CN2CCN(Cc3noc4ccccc34)CC2)co1. The zero-order chi connectivity index (χ0) is 15.6. The maximum Gasteiger partial charge on any atom is 0.191 e. The quantitative estimate of drug-likeness (QED) is 0.737. The van der Waals surface area contributed by atoms with Crippen LogP contribution >= 0.6 is 0 Å². The molecule has 0 unspecified atom stereocenters. The van der Waals surface area contributed by atoms with Crippen molar-refractivity contribution in [2.75, 3.05) is 26.2 Å². The highest BCUT2D eigenvalue weighted by atomic mass is 16.5. The molecule has 6 nitrogen and oxygen atoms in total. The molecule has 120 valence electrons. The molecular formula is C17H20N4O2. The van der Waals surface area contributed by atoms with Crippen molar-refractivity contribution in [1.82, 2.24) is 19.9 Å². The van der Waals surface area contributed by atoms with Crippen molar-refractivity contribution >= 4 is 11.0 Å². The number of benzene rings is 1. The molecule has 0 spiro atoms. The highest BCUT2D eigenvalue weighted by molar-refractivity contribution is 5.79. The van der Waals surface area contributed by atoms with E-state index in [0.29, 0.717) is 0 Å². The molecule has 0 bridgehead atoms. The number of fused-ring (bicyclic) bond motifs is 1. The van der Waals surface area contributed by atoms with Crippen LogP contribution in [-0.4, -0.2) is 46.1 Å². The average molecular weight is 312 g/mol. The zero-order valence-corrected chi connectivity index (χ0v) is 13.2. The molecule has 0 amide bonds. The van der Waals surface area contributed by atoms with E-state index < -0.39 is 0 Å². The number of nitrogens with zero attached hydrogens (tertiary/aromatic N) is 4. The standard InChI is InChI=1S/C17H20N4O2/c1-13-18-14(12-22-13)10-20-6-8-21(9-7-20)11-16-15-4-2-3-5-17(15)23-19-16/h2-5,12H,6-11H2,1H3. The number of aryl methyl sites for hydroxylation is 1. The Morgan fingerprint density at radius 2 is 1.78 bits per heavy atom. The molecule has 2 aromatic heterocycles. The van der Waals surface area contributed by atoms with Crippen molar-refractivity contribution in [3.8, 4) is 0 Å². The maximum atomic E-state index is 5.39. The number of rotatable bonds is 4. The number of oxazole rings is 1. The molecule has 4 rings (SSSR count). The summed E-state index contributed by atoms with van der Waals surface area (Å²) in [5.41, 5.74) is 2.90. The van der Waals surface area contributed by atoms with Crippen LogP contribution in [-0.2, 0) is 13.1 Å². The van der Waals surface area contributed by atoms with Gasteiger partial charge in [0.1, 0.15) is 12.0 Å². The Morgan fingerprint density at radius 1 is 1.04 bits per heavy atom. The van der Waals surface area contributed by atoms with Crippen LogP contribution < -0.4 is 0 Å². The summed E-state index contributed by atoms with van der Waals surface area (Å²) < 4.78 is 10.7. The van der Waals surface area contributed by atoms with Crippen molar-refractivity contribution in [1.29, 1.82) is 0 Å². The Morgan fingerprint density at radius 3 is 2.52 bits per heavy atom. The maximum absolute atomic E-state index is 5.39. The van der Waals surface area contributed by atoms with E-state index in [2.05, 4.69) is 26.0 Å². The molecule has 1 aliphatic rings. The first kappa shape index (κ1) is 14.4. The first-order valence-electron chi connectivity index (χ1n) is 7.97. The molecule has 1 saturated heterocycles. The van der Waals surface area contributed by atoms with E-state index in [9.17, 15) is 0 Å². The summed E-state index contributed by atoms with van der Waals surface area (Å²) in [6, 6.07) is 8.04. The van der Waals surface area contributed by atoms with Gasteiger partial charge in [0.15, 0.2) is 11.5 Å². The topological polar surface area (TPSA) is 58.5 Å². The molecular weight excluding hydrogens is 292 g/mol. The van der Waals surface area contributed by atoms with Gasteiger partial charge in [-0.1, -0.05) is 17.3 Å². The van der Waals surface area contributed by atoms with Gasteiger partial charge in [-0.25, -0.2) is 4.98 Å². The van der Waals surface area contributed by atoms with Gasteiger partial charge in [0, 0.05) is 51.6 Å². The Kier molecular flexibility index (Phi) is 3.85. The Balaban J connectivity index is 1.34. The van der Waals surface area contributed by atoms with Gasteiger partial charge in [0.2, 0.25) is 0 Å². The van der Waals surface area contributed by atoms with E-state index >= 15 is 0 Å². The van der Waals surface area contributed by atoms with Crippen LogP contribution in [0.4, 0.5) is 0 Å². The van der Waals surface area contributed by atoms with Crippen LogP contribution in [0.1, 0.15) is 17.3 Å². The predicted molar refractivity (Wildman–Crippen MR) is 85.8 cm³/mol. The minimum Gasteiger partial charge on any atom is -0.449 e. The lowest BCUT2D eigenvalue weighted by molar-refractivity contribution is 0.119. The van der Waals surface area contributed by atoms with Gasteiger partial charge in [-0.2, -0.15) is 0 Å². The smallest absolute Gasteiger partial charge is 0.191 e. The van der Waals surface area contributed by atoms with Gasteiger partial charge in [0.05, 0.1) is 5.69 Å². The fourth-order valence-electron chi connectivity index (χ4n) is 3.08. The van der Waals surface area contributed by atoms with Crippen LogP contribution in [0.25, 0.3) is 11.0 Å². The van der Waals surface area contributed by atoms with Gasteiger partial charge >= 0.3 is 0 Å². The molecule has 0 aliphatic carbocycles. The van der Waals surface area contributed by atoms with E-state index in [1.807, 2.05) is 25.1 Å². The normalized spacial score (nSPS) is 17.1. The van der Waals surface area contributed by atoms with Crippen molar-refractivity contribution in [2.24, 2.45) is 0 Å². The molecule has 1 fully saturated rings. The summed E-state index contributed by atoms with van der Waals surface area (Å²) in [6.07, 6.45) is 1.75. The number of hydrogen-bond donors (Lipinski definition) is 0. The van der Waals surface area contributed by atoms with E-state index in [4.69, 9.17) is 8.94 Å². The second-order valence-corrected chi connectivity index (χ2v) is 6.04.